The number of phenolic OH excluding ortho intramolecular Hbond substituents is 1. The number of hydrogen-bond donors (Lipinski definition) is 2. The van der Waals surface area contributed by atoms with Crippen LogP contribution in [0.3, 0.4) is 0 Å². The van der Waals surface area contributed by atoms with Crippen molar-refractivity contribution in [3.8, 4) is 22.9 Å². The van der Waals surface area contributed by atoms with Crippen molar-refractivity contribution in [1.29, 1.82) is 0 Å². The molecule has 23 heavy (non-hydrogen) atoms. The molecule has 0 atom stereocenters. The van der Waals surface area contributed by atoms with E-state index >= 15 is 0 Å². The Morgan fingerprint density at radius 2 is 2.13 bits per heavy atom. The van der Waals surface area contributed by atoms with E-state index in [1.807, 2.05) is 0 Å². The van der Waals surface area contributed by atoms with E-state index in [1.165, 1.54) is 24.0 Å². The fourth-order valence-corrected chi connectivity index (χ4v) is 4.40. The van der Waals surface area contributed by atoms with Crippen molar-refractivity contribution in [2.75, 3.05) is 7.11 Å². The van der Waals surface area contributed by atoms with Crippen LogP contribution < -0.4 is 10.3 Å². The van der Waals surface area contributed by atoms with Crippen molar-refractivity contribution in [2.45, 2.75) is 25.7 Å². The topological polar surface area (TPSA) is 75.2 Å². The molecular formula is C17H16N2O3S. The zero-order valence-electron chi connectivity index (χ0n) is 12.7. The molecule has 0 spiro atoms. The van der Waals surface area contributed by atoms with Crippen LogP contribution in [0.4, 0.5) is 0 Å². The minimum atomic E-state index is -0.0975. The minimum Gasteiger partial charge on any atom is -0.504 e. The first-order chi connectivity index (χ1) is 11.2. The van der Waals surface area contributed by atoms with Gasteiger partial charge in [-0.15, -0.1) is 11.3 Å². The van der Waals surface area contributed by atoms with Gasteiger partial charge in [-0.2, -0.15) is 0 Å². The molecule has 118 valence electrons. The predicted octanol–water partition coefficient (Wildman–Crippen LogP) is 3.24. The number of aryl methyl sites for hydroxylation is 2. The molecule has 3 aromatic rings. The highest BCUT2D eigenvalue weighted by Crippen LogP contribution is 2.35. The summed E-state index contributed by atoms with van der Waals surface area (Å²) >= 11 is 1.62. The SMILES string of the molecule is COc1ccc(-c2nc3sc4c(c3c(=O)[nH]2)CCCC4)cc1O. The highest BCUT2D eigenvalue weighted by Gasteiger charge is 2.20. The number of benzene rings is 1. The summed E-state index contributed by atoms with van der Waals surface area (Å²) in [5.74, 6) is 0.890. The third-order valence-electron chi connectivity index (χ3n) is 4.28. The second-order valence-electron chi connectivity index (χ2n) is 5.69. The van der Waals surface area contributed by atoms with E-state index in [1.54, 1.807) is 29.5 Å². The third kappa shape index (κ3) is 2.30. The van der Waals surface area contributed by atoms with Gasteiger partial charge in [-0.05, 0) is 49.4 Å². The average Bonchev–Trinajstić information content (AvgIpc) is 2.93. The highest BCUT2D eigenvalue weighted by molar-refractivity contribution is 7.18. The molecule has 5 nitrogen and oxygen atoms in total. The van der Waals surface area contributed by atoms with Gasteiger partial charge >= 0.3 is 0 Å². The molecule has 0 amide bonds. The number of aromatic nitrogens is 2. The van der Waals surface area contributed by atoms with Gasteiger partial charge in [0, 0.05) is 10.4 Å². The number of methoxy groups -OCH3 is 1. The van der Waals surface area contributed by atoms with Gasteiger partial charge in [0.05, 0.1) is 12.5 Å². The Morgan fingerprint density at radius 3 is 2.91 bits per heavy atom. The maximum Gasteiger partial charge on any atom is 0.260 e. The second-order valence-corrected chi connectivity index (χ2v) is 6.78. The Labute approximate surface area is 136 Å². The number of H-pyrrole nitrogens is 1. The molecule has 0 aliphatic heterocycles. The summed E-state index contributed by atoms with van der Waals surface area (Å²) in [6, 6.07) is 4.99. The molecule has 1 aliphatic rings. The van der Waals surface area contributed by atoms with E-state index in [4.69, 9.17) is 4.74 Å². The van der Waals surface area contributed by atoms with Gasteiger partial charge in [-0.25, -0.2) is 4.98 Å². The quantitative estimate of drug-likeness (QED) is 0.757. The van der Waals surface area contributed by atoms with E-state index in [2.05, 4.69) is 9.97 Å². The van der Waals surface area contributed by atoms with E-state index < -0.39 is 0 Å². The Kier molecular flexibility index (Phi) is 3.34. The van der Waals surface area contributed by atoms with E-state index in [-0.39, 0.29) is 11.3 Å². The fourth-order valence-electron chi connectivity index (χ4n) is 3.14. The molecular weight excluding hydrogens is 312 g/mol. The lowest BCUT2D eigenvalue weighted by atomic mass is 9.97. The van der Waals surface area contributed by atoms with Gasteiger partial charge in [0.2, 0.25) is 0 Å². The van der Waals surface area contributed by atoms with Gasteiger partial charge in [0.15, 0.2) is 11.5 Å². The largest absolute Gasteiger partial charge is 0.504 e. The number of phenols is 1. The minimum absolute atomic E-state index is 0.0261. The predicted molar refractivity (Wildman–Crippen MR) is 90.5 cm³/mol. The zero-order valence-corrected chi connectivity index (χ0v) is 13.5. The van der Waals surface area contributed by atoms with Gasteiger partial charge in [-0.3, -0.25) is 4.79 Å². The van der Waals surface area contributed by atoms with Crippen molar-refractivity contribution in [3.63, 3.8) is 0 Å². The Balaban J connectivity index is 1.89. The molecule has 0 bridgehead atoms. The van der Waals surface area contributed by atoms with Crippen LogP contribution in [0.2, 0.25) is 0 Å². The second kappa shape index (κ2) is 5.38. The number of fused-ring (bicyclic) bond motifs is 3. The van der Waals surface area contributed by atoms with E-state index in [0.717, 1.165) is 29.5 Å². The normalized spacial score (nSPS) is 14.0. The van der Waals surface area contributed by atoms with Gasteiger partial charge in [0.1, 0.15) is 10.7 Å². The monoisotopic (exact) mass is 328 g/mol. The number of aromatic amines is 1. The van der Waals surface area contributed by atoms with Crippen LogP contribution >= 0.6 is 11.3 Å². The molecule has 1 aliphatic carbocycles. The molecule has 0 saturated carbocycles. The van der Waals surface area contributed by atoms with Crippen molar-refractivity contribution >= 4 is 21.6 Å². The van der Waals surface area contributed by atoms with Crippen LogP contribution in [-0.4, -0.2) is 22.2 Å². The lowest BCUT2D eigenvalue weighted by Gasteiger charge is -2.09. The summed E-state index contributed by atoms with van der Waals surface area (Å²) in [4.78, 5) is 22.1. The smallest absolute Gasteiger partial charge is 0.260 e. The molecule has 0 fully saturated rings. The summed E-state index contributed by atoms with van der Waals surface area (Å²) in [5.41, 5.74) is 1.74. The summed E-state index contributed by atoms with van der Waals surface area (Å²) in [5, 5.41) is 10.7. The molecule has 2 aromatic heterocycles. The Bertz CT molecular complexity index is 958. The number of hydrogen-bond acceptors (Lipinski definition) is 5. The summed E-state index contributed by atoms with van der Waals surface area (Å²) < 4.78 is 5.04. The lowest BCUT2D eigenvalue weighted by Crippen LogP contribution is -2.11. The fraction of sp³-hybridized carbons (Fsp3) is 0.294. The Hall–Kier alpha value is -2.34. The van der Waals surface area contributed by atoms with Crippen LogP contribution in [0.1, 0.15) is 23.3 Å². The summed E-state index contributed by atoms with van der Waals surface area (Å²) in [6.07, 6.45) is 4.31. The van der Waals surface area contributed by atoms with Gasteiger partial charge in [0.25, 0.3) is 5.56 Å². The number of nitrogens with one attached hydrogen (secondary N) is 1. The van der Waals surface area contributed by atoms with Crippen LogP contribution in [0.5, 0.6) is 11.5 Å². The number of rotatable bonds is 2. The van der Waals surface area contributed by atoms with Crippen LogP contribution in [0.15, 0.2) is 23.0 Å². The maximum absolute atomic E-state index is 12.5. The lowest BCUT2D eigenvalue weighted by molar-refractivity contribution is 0.373. The summed E-state index contributed by atoms with van der Waals surface area (Å²) in [7, 11) is 1.50. The first kappa shape index (κ1) is 14.3. The molecule has 4 rings (SSSR count). The van der Waals surface area contributed by atoms with Crippen molar-refractivity contribution in [3.05, 3.63) is 39.0 Å². The van der Waals surface area contributed by atoms with E-state index in [9.17, 15) is 9.90 Å². The summed E-state index contributed by atoms with van der Waals surface area (Å²) in [6.45, 7) is 0. The van der Waals surface area contributed by atoms with E-state index in [0.29, 0.717) is 17.1 Å². The first-order valence-electron chi connectivity index (χ1n) is 7.59. The molecule has 0 saturated heterocycles. The molecule has 1 aromatic carbocycles. The molecule has 2 heterocycles. The number of thiophene rings is 1. The van der Waals surface area contributed by atoms with Crippen molar-refractivity contribution in [1.82, 2.24) is 9.97 Å². The van der Waals surface area contributed by atoms with Gasteiger partial charge in [-0.1, -0.05) is 0 Å². The third-order valence-corrected chi connectivity index (χ3v) is 5.46. The highest BCUT2D eigenvalue weighted by atomic mass is 32.1. The van der Waals surface area contributed by atoms with Crippen LogP contribution in [-0.2, 0) is 12.8 Å². The molecule has 0 unspecified atom stereocenters. The maximum atomic E-state index is 12.5. The molecule has 2 N–H and O–H groups in total. The Morgan fingerprint density at radius 1 is 1.30 bits per heavy atom. The molecule has 6 heteroatoms. The number of aromatic hydroxyl groups is 1. The standard InChI is InChI=1S/C17H16N2O3S/c1-22-12-7-6-9(8-11(12)20)15-18-16(21)14-10-4-2-3-5-13(10)23-17(14)19-15/h6-8,20H,2-5H2,1H3,(H,18,19,21). The zero-order chi connectivity index (χ0) is 16.0. The average molecular weight is 328 g/mol. The van der Waals surface area contributed by atoms with Crippen LogP contribution in [0.25, 0.3) is 21.6 Å². The van der Waals surface area contributed by atoms with Crippen molar-refractivity contribution < 1.29 is 9.84 Å². The number of ether oxygens (including phenoxy) is 1. The number of nitrogens with zero attached hydrogens (tertiary/aromatic N) is 1. The van der Waals surface area contributed by atoms with Crippen LogP contribution in [0, 0.1) is 0 Å². The first-order valence-corrected chi connectivity index (χ1v) is 8.41. The van der Waals surface area contributed by atoms with Crippen molar-refractivity contribution in [2.24, 2.45) is 0 Å². The van der Waals surface area contributed by atoms with Gasteiger partial charge < -0.3 is 14.8 Å². The molecule has 0 radical (unpaired) electrons.